The van der Waals surface area contributed by atoms with Crippen molar-refractivity contribution >= 4 is 22.7 Å². The Balaban J connectivity index is 1.70. The first-order valence-electron chi connectivity index (χ1n) is 11.2. The summed E-state index contributed by atoms with van der Waals surface area (Å²) < 4.78 is 18.0. The molecular weight excluding hydrogens is 452 g/mol. The van der Waals surface area contributed by atoms with E-state index in [4.69, 9.17) is 19.0 Å². The van der Waals surface area contributed by atoms with Crippen molar-refractivity contribution in [3.05, 3.63) is 70.1 Å². The number of methoxy groups -OCH3 is 2. The summed E-state index contributed by atoms with van der Waals surface area (Å²) in [6.45, 7) is 4.43. The van der Waals surface area contributed by atoms with Gasteiger partial charge in [-0.25, -0.2) is 4.98 Å². The lowest BCUT2D eigenvalue weighted by Crippen LogP contribution is -2.24. The maximum atomic E-state index is 13.5. The Labute approximate surface area is 202 Å². The minimum Gasteiger partial charge on any atom is -0.493 e. The maximum Gasteiger partial charge on any atom is 0.262 e. The Hall–Kier alpha value is -3.33. The highest BCUT2D eigenvalue weighted by atomic mass is 32.2. The second kappa shape index (κ2) is 10.7. The largest absolute Gasteiger partial charge is 0.493 e. The topological polar surface area (TPSA) is 92.3 Å². The van der Waals surface area contributed by atoms with Gasteiger partial charge in [0.05, 0.1) is 36.9 Å². The van der Waals surface area contributed by atoms with Crippen LogP contribution in [-0.4, -0.2) is 33.9 Å². The van der Waals surface area contributed by atoms with E-state index in [0.29, 0.717) is 45.8 Å². The van der Waals surface area contributed by atoms with Crippen LogP contribution in [0.4, 0.5) is 0 Å². The Bertz CT molecular complexity index is 1330. The summed E-state index contributed by atoms with van der Waals surface area (Å²) in [5.41, 5.74) is 1.44. The number of benzene rings is 2. The van der Waals surface area contributed by atoms with Crippen LogP contribution in [0.15, 0.2) is 56.9 Å². The number of hydrogen-bond acceptors (Lipinski definition) is 8. The molecule has 8 nitrogen and oxygen atoms in total. The molecule has 2 aromatic heterocycles. The first-order chi connectivity index (χ1) is 16.5. The van der Waals surface area contributed by atoms with Gasteiger partial charge in [-0.3, -0.25) is 9.36 Å². The number of unbranched alkanes of at least 4 members (excludes halogenated alkanes) is 1. The van der Waals surface area contributed by atoms with Gasteiger partial charge in [0.25, 0.3) is 5.56 Å². The van der Waals surface area contributed by atoms with Crippen LogP contribution in [-0.2, 0) is 13.0 Å². The molecule has 4 aromatic rings. The molecule has 0 fully saturated rings. The molecule has 1 unspecified atom stereocenters. The fraction of sp³-hybridized carbons (Fsp3) is 0.360. The molecule has 34 heavy (non-hydrogen) atoms. The molecule has 0 aliphatic carbocycles. The Kier molecular flexibility index (Phi) is 7.52. The highest BCUT2D eigenvalue weighted by molar-refractivity contribution is 7.99. The molecule has 178 valence electrons. The molecule has 0 saturated heterocycles. The number of rotatable bonds is 10. The Morgan fingerprint density at radius 2 is 1.88 bits per heavy atom. The molecule has 0 N–H and O–H groups in total. The molecule has 1 atom stereocenters. The van der Waals surface area contributed by atoms with Crippen LogP contribution in [0.25, 0.3) is 10.9 Å². The van der Waals surface area contributed by atoms with Gasteiger partial charge in [-0.1, -0.05) is 48.5 Å². The summed E-state index contributed by atoms with van der Waals surface area (Å²) in [4.78, 5) is 22.8. The normalized spacial score (nSPS) is 12.1. The van der Waals surface area contributed by atoms with E-state index in [9.17, 15) is 4.79 Å². The second-order valence-corrected chi connectivity index (χ2v) is 9.21. The van der Waals surface area contributed by atoms with E-state index >= 15 is 0 Å². The minimum atomic E-state index is -0.174. The van der Waals surface area contributed by atoms with Gasteiger partial charge in [-0.05, 0) is 43.2 Å². The van der Waals surface area contributed by atoms with Crippen LogP contribution in [0, 0.1) is 0 Å². The zero-order chi connectivity index (χ0) is 24.1. The van der Waals surface area contributed by atoms with Crippen molar-refractivity contribution in [1.82, 2.24) is 19.7 Å². The molecule has 0 radical (unpaired) electrons. The fourth-order valence-electron chi connectivity index (χ4n) is 3.62. The average molecular weight is 481 g/mol. The average Bonchev–Trinajstić information content (AvgIpc) is 3.34. The second-order valence-electron chi connectivity index (χ2n) is 7.90. The molecule has 0 aliphatic rings. The third-order valence-corrected chi connectivity index (χ3v) is 6.56. The van der Waals surface area contributed by atoms with Crippen molar-refractivity contribution in [3.8, 4) is 11.5 Å². The van der Waals surface area contributed by atoms with Crippen molar-refractivity contribution in [2.45, 2.75) is 50.1 Å². The number of aryl methyl sites for hydroxylation is 1. The number of thioether (sulfide) groups is 1. The van der Waals surface area contributed by atoms with Crippen molar-refractivity contribution in [2.75, 3.05) is 14.2 Å². The summed E-state index contributed by atoms with van der Waals surface area (Å²) in [5.74, 6) is 2.47. The summed E-state index contributed by atoms with van der Waals surface area (Å²) in [6, 6.07) is 13.0. The lowest BCUT2D eigenvalue weighted by atomic mass is 10.2. The number of hydrogen-bond donors (Lipinski definition) is 0. The first kappa shape index (κ1) is 23.8. The first-order valence-corrected chi connectivity index (χ1v) is 12.1. The van der Waals surface area contributed by atoms with Crippen LogP contribution in [0.3, 0.4) is 0 Å². The number of para-hydroxylation sites is 1. The van der Waals surface area contributed by atoms with Crippen LogP contribution in [0.2, 0.25) is 0 Å². The summed E-state index contributed by atoms with van der Waals surface area (Å²) in [5, 5.41) is 5.07. The minimum absolute atomic E-state index is 0.107. The van der Waals surface area contributed by atoms with E-state index in [1.165, 1.54) is 11.8 Å². The molecule has 0 bridgehead atoms. The Morgan fingerprint density at radius 3 is 2.65 bits per heavy atom. The highest BCUT2D eigenvalue weighted by Crippen LogP contribution is 2.34. The van der Waals surface area contributed by atoms with E-state index in [2.05, 4.69) is 17.1 Å². The zero-order valence-electron chi connectivity index (χ0n) is 19.8. The lowest BCUT2D eigenvalue weighted by Gasteiger charge is -2.16. The molecular formula is C25H28N4O4S. The molecule has 0 aliphatic heterocycles. The number of nitrogens with zero attached hydrogens (tertiary/aromatic N) is 4. The quantitative estimate of drug-likeness (QED) is 0.230. The van der Waals surface area contributed by atoms with Crippen molar-refractivity contribution in [3.63, 3.8) is 0 Å². The highest BCUT2D eigenvalue weighted by Gasteiger charge is 2.20. The number of aromatic nitrogens is 4. The third-order valence-electron chi connectivity index (χ3n) is 5.48. The Morgan fingerprint density at radius 1 is 1.09 bits per heavy atom. The molecule has 2 aromatic carbocycles. The lowest BCUT2D eigenvalue weighted by molar-refractivity contribution is 0.354. The van der Waals surface area contributed by atoms with E-state index < -0.39 is 0 Å². The maximum absolute atomic E-state index is 13.5. The van der Waals surface area contributed by atoms with Gasteiger partial charge in [-0.2, -0.15) is 4.98 Å². The summed E-state index contributed by atoms with van der Waals surface area (Å²) >= 11 is 1.43. The van der Waals surface area contributed by atoms with Crippen molar-refractivity contribution in [1.29, 1.82) is 0 Å². The van der Waals surface area contributed by atoms with Gasteiger partial charge in [0.2, 0.25) is 5.89 Å². The SMILES string of the molecule is CCCCc1noc(C(C)Sc2nc3ccccc3c(=O)n2Cc2ccc(OC)c(OC)c2)n1. The zero-order valence-corrected chi connectivity index (χ0v) is 20.6. The third kappa shape index (κ3) is 5.09. The number of fused-ring (bicyclic) bond motifs is 1. The van der Waals surface area contributed by atoms with Crippen molar-refractivity contribution in [2.24, 2.45) is 0 Å². The summed E-state index contributed by atoms with van der Waals surface area (Å²) in [7, 11) is 3.18. The predicted molar refractivity (Wildman–Crippen MR) is 132 cm³/mol. The van der Waals surface area contributed by atoms with E-state index in [1.54, 1.807) is 24.9 Å². The van der Waals surface area contributed by atoms with Crippen molar-refractivity contribution < 1.29 is 14.0 Å². The van der Waals surface area contributed by atoms with Crippen LogP contribution in [0.1, 0.15) is 49.2 Å². The van der Waals surface area contributed by atoms with Crippen LogP contribution in [0.5, 0.6) is 11.5 Å². The van der Waals surface area contributed by atoms with E-state index in [1.807, 2.05) is 43.3 Å². The molecule has 0 spiro atoms. The van der Waals surface area contributed by atoms with E-state index in [0.717, 1.165) is 24.8 Å². The number of ether oxygens (including phenoxy) is 2. The van der Waals surface area contributed by atoms with Gasteiger partial charge in [-0.15, -0.1) is 0 Å². The van der Waals surface area contributed by atoms with Gasteiger partial charge in [0.15, 0.2) is 22.5 Å². The van der Waals surface area contributed by atoms with Gasteiger partial charge in [0.1, 0.15) is 0 Å². The fourth-order valence-corrected chi connectivity index (χ4v) is 4.55. The molecule has 9 heteroatoms. The van der Waals surface area contributed by atoms with Gasteiger partial charge in [0, 0.05) is 6.42 Å². The van der Waals surface area contributed by atoms with E-state index in [-0.39, 0.29) is 10.8 Å². The van der Waals surface area contributed by atoms with Crippen LogP contribution < -0.4 is 15.0 Å². The predicted octanol–water partition coefficient (Wildman–Crippen LogP) is 5.04. The standard InChI is InChI=1S/C25H28N4O4S/c1-5-6-11-22-27-23(33-28-22)16(2)34-25-26-19-10-8-7-9-18(19)24(30)29(25)15-17-12-13-20(31-3)21(14-17)32-4/h7-10,12-14,16H,5-6,11,15H2,1-4H3. The van der Waals surface area contributed by atoms with Gasteiger partial charge >= 0.3 is 0 Å². The summed E-state index contributed by atoms with van der Waals surface area (Å²) in [6.07, 6.45) is 2.87. The van der Waals surface area contributed by atoms with Crippen LogP contribution >= 0.6 is 11.8 Å². The smallest absolute Gasteiger partial charge is 0.262 e. The molecule has 4 rings (SSSR count). The molecule has 0 amide bonds. The monoisotopic (exact) mass is 480 g/mol. The van der Waals surface area contributed by atoms with Gasteiger partial charge < -0.3 is 14.0 Å². The molecule has 2 heterocycles. The molecule has 0 saturated carbocycles.